The van der Waals surface area contributed by atoms with Gasteiger partial charge in [0.15, 0.2) is 0 Å². The molecule has 0 saturated heterocycles. The van der Waals surface area contributed by atoms with Crippen molar-refractivity contribution < 1.29 is 15.0 Å². The highest BCUT2D eigenvalue weighted by Crippen LogP contribution is 1.95. The van der Waals surface area contributed by atoms with Gasteiger partial charge in [0.25, 0.3) is 0 Å². The number of allylic oxidation sites excluding steroid dienone is 3. The SMILES string of the molecule is C=C/C(=C\C=C/C)C(=O)O.CC.CCCO. The first kappa shape index (κ1) is 20.1. The molecule has 0 fully saturated rings. The Morgan fingerprint density at radius 2 is 1.81 bits per heavy atom. The monoisotopic (exact) mass is 228 g/mol. The largest absolute Gasteiger partial charge is 0.478 e. The summed E-state index contributed by atoms with van der Waals surface area (Å²) in [5.74, 6) is -0.951. The van der Waals surface area contributed by atoms with E-state index in [0.717, 1.165) is 6.42 Å². The smallest absolute Gasteiger partial charge is 0.335 e. The minimum absolute atomic E-state index is 0.207. The van der Waals surface area contributed by atoms with Crippen molar-refractivity contribution >= 4 is 5.97 Å². The fourth-order valence-electron chi connectivity index (χ4n) is 0.427. The van der Waals surface area contributed by atoms with E-state index < -0.39 is 5.97 Å². The second kappa shape index (κ2) is 19.3. The summed E-state index contributed by atoms with van der Waals surface area (Å²) in [6.45, 7) is 11.4. The van der Waals surface area contributed by atoms with Crippen LogP contribution in [0.5, 0.6) is 0 Å². The molecule has 0 unspecified atom stereocenters. The van der Waals surface area contributed by atoms with E-state index in [1.54, 1.807) is 12.2 Å². The van der Waals surface area contributed by atoms with Crippen LogP contribution in [0.15, 0.2) is 36.5 Å². The zero-order valence-electron chi connectivity index (χ0n) is 10.7. The van der Waals surface area contributed by atoms with E-state index in [4.69, 9.17) is 10.2 Å². The van der Waals surface area contributed by atoms with Gasteiger partial charge in [-0.3, -0.25) is 0 Å². The van der Waals surface area contributed by atoms with Crippen LogP contribution in [-0.4, -0.2) is 22.8 Å². The molecule has 0 aromatic carbocycles. The van der Waals surface area contributed by atoms with Crippen molar-refractivity contribution in [1.82, 2.24) is 0 Å². The van der Waals surface area contributed by atoms with Gasteiger partial charge in [-0.25, -0.2) is 4.79 Å². The normalized spacial score (nSPS) is 9.69. The van der Waals surface area contributed by atoms with E-state index in [2.05, 4.69) is 6.58 Å². The summed E-state index contributed by atoms with van der Waals surface area (Å²) >= 11 is 0. The number of aliphatic hydroxyl groups is 1. The van der Waals surface area contributed by atoms with Crippen LogP contribution >= 0.6 is 0 Å². The van der Waals surface area contributed by atoms with E-state index in [-0.39, 0.29) is 5.57 Å². The van der Waals surface area contributed by atoms with Crippen LogP contribution in [0.4, 0.5) is 0 Å². The Bertz CT molecular complexity index is 213. The minimum atomic E-state index is -0.951. The van der Waals surface area contributed by atoms with Crippen molar-refractivity contribution in [2.24, 2.45) is 0 Å². The molecule has 0 aromatic heterocycles. The van der Waals surface area contributed by atoms with Crippen molar-refractivity contribution in [2.45, 2.75) is 34.1 Å². The average Bonchev–Trinajstić information content (AvgIpc) is 2.32. The first-order valence-electron chi connectivity index (χ1n) is 5.43. The number of carboxylic acids is 1. The molecule has 0 aliphatic carbocycles. The van der Waals surface area contributed by atoms with Crippen molar-refractivity contribution in [3.63, 3.8) is 0 Å². The van der Waals surface area contributed by atoms with E-state index >= 15 is 0 Å². The topological polar surface area (TPSA) is 57.5 Å². The number of hydrogen-bond acceptors (Lipinski definition) is 2. The standard InChI is InChI=1S/C8H10O2.C3H8O.C2H6/c1-3-5-6-7(4-2)8(9)10;1-2-3-4;1-2/h3-6H,2H2,1H3,(H,9,10);4H,2-3H2,1H3;1-2H3/b5-3-,7-6+;;. The summed E-state index contributed by atoms with van der Waals surface area (Å²) in [4.78, 5) is 10.3. The highest BCUT2D eigenvalue weighted by Gasteiger charge is 1.97. The van der Waals surface area contributed by atoms with Gasteiger partial charge in [-0.1, -0.05) is 45.6 Å². The maximum Gasteiger partial charge on any atom is 0.335 e. The van der Waals surface area contributed by atoms with Crippen molar-refractivity contribution in [3.05, 3.63) is 36.5 Å². The Balaban J connectivity index is -0.000000237. The van der Waals surface area contributed by atoms with Gasteiger partial charge in [-0.15, -0.1) is 0 Å². The number of carboxylic acid groups (broad SMARTS) is 1. The van der Waals surface area contributed by atoms with E-state index in [1.165, 1.54) is 12.2 Å². The first-order valence-corrected chi connectivity index (χ1v) is 5.43. The van der Waals surface area contributed by atoms with Gasteiger partial charge in [0.2, 0.25) is 0 Å². The minimum Gasteiger partial charge on any atom is -0.478 e. The Hall–Kier alpha value is -1.35. The van der Waals surface area contributed by atoms with Gasteiger partial charge in [0.1, 0.15) is 0 Å². The molecule has 0 heterocycles. The lowest BCUT2D eigenvalue weighted by molar-refractivity contribution is -0.132. The molecule has 0 aromatic rings. The molecule has 0 amide bonds. The molecule has 0 spiro atoms. The van der Waals surface area contributed by atoms with E-state index in [0.29, 0.717) is 6.61 Å². The summed E-state index contributed by atoms with van der Waals surface area (Å²) in [7, 11) is 0. The van der Waals surface area contributed by atoms with Gasteiger partial charge in [-0.05, 0) is 19.4 Å². The molecule has 0 radical (unpaired) electrons. The lowest BCUT2D eigenvalue weighted by Gasteiger charge is -1.88. The van der Waals surface area contributed by atoms with Crippen molar-refractivity contribution in [3.8, 4) is 0 Å². The van der Waals surface area contributed by atoms with Gasteiger partial charge in [0, 0.05) is 6.61 Å². The van der Waals surface area contributed by atoms with Crippen LogP contribution in [0.1, 0.15) is 34.1 Å². The number of aliphatic carboxylic acids is 1. The van der Waals surface area contributed by atoms with Crippen LogP contribution in [0.25, 0.3) is 0 Å². The third-order valence-electron chi connectivity index (χ3n) is 1.16. The van der Waals surface area contributed by atoms with Crippen LogP contribution in [0.2, 0.25) is 0 Å². The molecule has 3 heteroatoms. The second-order valence-corrected chi connectivity index (χ2v) is 2.38. The first-order chi connectivity index (χ1) is 7.63. The fourth-order valence-corrected chi connectivity index (χ4v) is 0.427. The van der Waals surface area contributed by atoms with E-state index in [1.807, 2.05) is 27.7 Å². The molecule has 0 aliphatic heterocycles. The summed E-state index contributed by atoms with van der Waals surface area (Å²) < 4.78 is 0. The summed E-state index contributed by atoms with van der Waals surface area (Å²) in [6, 6.07) is 0. The number of carbonyl (C=O) groups is 1. The number of aliphatic hydroxyl groups excluding tert-OH is 1. The molecule has 3 nitrogen and oxygen atoms in total. The van der Waals surface area contributed by atoms with Crippen LogP contribution in [0.3, 0.4) is 0 Å². The molecule has 0 bridgehead atoms. The highest BCUT2D eigenvalue weighted by atomic mass is 16.4. The van der Waals surface area contributed by atoms with Crippen LogP contribution in [0, 0.1) is 0 Å². The molecular formula is C13H24O3. The van der Waals surface area contributed by atoms with Crippen molar-refractivity contribution in [1.29, 1.82) is 0 Å². The van der Waals surface area contributed by atoms with Gasteiger partial charge < -0.3 is 10.2 Å². The maximum absolute atomic E-state index is 10.3. The van der Waals surface area contributed by atoms with Gasteiger partial charge in [-0.2, -0.15) is 0 Å². The Labute approximate surface area is 98.8 Å². The lowest BCUT2D eigenvalue weighted by Crippen LogP contribution is -1.95. The molecule has 2 N–H and O–H groups in total. The third-order valence-corrected chi connectivity index (χ3v) is 1.16. The lowest BCUT2D eigenvalue weighted by atomic mass is 10.2. The third kappa shape index (κ3) is 18.4. The van der Waals surface area contributed by atoms with Gasteiger partial charge >= 0.3 is 5.97 Å². The molecule has 0 rings (SSSR count). The predicted octanol–water partition coefficient (Wildman–Crippen LogP) is 3.17. The molecule has 0 atom stereocenters. The Morgan fingerprint density at radius 1 is 1.38 bits per heavy atom. The predicted molar refractivity (Wildman–Crippen MR) is 69.5 cm³/mol. The number of rotatable bonds is 4. The zero-order chi connectivity index (χ0) is 13.4. The molecular weight excluding hydrogens is 204 g/mol. The second-order valence-electron chi connectivity index (χ2n) is 2.38. The molecule has 0 aliphatic rings. The highest BCUT2D eigenvalue weighted by molar-refractivity contribution is 5.89. The van der Waals surface area contributed by atoms with Crippen LogP contribution < -0.4 is 0 Å². The Morgan fingerprint density at radius 3 is 2.00 bits per heavy atom. The summed E-state index contributed by atoms with van der Waals surface area (Å²) in [6.07, 6.45) is 7.09. The zero-order valence-corrected chi connectivity index (χ0v) is 10.7. The average molecular weight is 228 g/mol. The molecule has 94 valence electrons. The molecule has 0 saturated carbocycles. The maximum atomic E-state index is 10.3. The van der Waals surface area contributed by atoms with Crippen molar-refractivity contribution in [2.75, 3.05) is 6.61 Å². The Kier molecular flexibility index (Phi) is 24.2. The number of hydrogen-bond donors (Lipinski definition) is 2. The van der Waals surface area contributed by atoms with Crippen LogP contribution in [-0.2, 0) is 4.79 Å². The van der Waals surface area contributed by atoms with Gasteiger partial charge in [0.05, 0.1) is 5.57 Å². The summed E-state index contributed by atoms with van der Waals surface area (Å²) in [5.41, 5.74) is 0.207. The summed E-state index contributed by atoms with van der Waals surface area (Å²) in [5, 5.41) is 16.3. The molecule has 16 heavy (non-hydrogen) atoms. The fraction of sp³-hybridized carbons (Fsp3) is 0.462. The van der Waals surface area contributed by atoms with E-state index in [9.17, 15) is 4.79 Å². The quantitative estimate of drug-likeness (QED) is 0.574.